The van der Waals surface area contributed by atoms with Crippen LogP contribution in [0.1, 0.15) is 27.3 Å². The molecular weight excluding hydrogens is 412 g/mol. The third-order valence-corrected chi connectivity index (χ3v) is 6.23. The maximum atomic E-state index is 13.3. The zero-order valence-electron chi connectivity index (χ0n) is 18.1. The van der Waals surface area contributed by atoms with Gasteiger partial charge in [-0.3, -0.25) is 9.48 Å². The maximum absolute atomic E-state index is 13.3. The molecule has 0 unspecified atom stereocenters. The van der Waals surface area contributed by atoms with Crippen LogP contribution < -0.4 is 9.64 Å². The summed E-state index contributed by atoms with van der Waals surface area (Å²) in [4.78, 5) is 17.5. The highest BCUT2D eigenvalue weighted by Gasteiger charge is 2.27. The predicted octanol–water partition coefficient (Wildman–Crippen LogP) is 4.17. The lowest BCUT2D eigenvalue weighted by Gasteiger charge is -2.36. The van der Waals surface area contributed by atoms with E-state index < -0.39 is 0 Å². The lowest BCUT2D eigenvalue weighted by molar-refractivity contribution is 0.0745. The molecule has 2 heterocycles. The van der Waals surface area contributed by atoms with Crippen LogP contribution in [0, 0.1) is 13.8 Å². The molecule has 3 aromatic rings. The van der Waals surface area contributed by atoms with Crippen LogP contribution in [0.3, 0.4) is 0 Å². The summed E-state index contributed by atoms with van der Waals surface area (Å²) in [5, 5.41) is 5.34. The maximum Gasteiger partial charge on any atom is 0.257 e. The second kappa shape index (κ2) is 9.02. The number of aryl methyl sites for hydroxylation is 1. The first-order valence-electron chi connectivity index (χ1n) is 10.4. The van der Waals surface area contributed by atoms with Crippen molar-refractivity contribution in [1.82, 2.24) is 14.7 Å². The zero-order valence-corrected chi connectivity index (χ0v) is 18.9. The minimum absolute atomic E-state index is 0.0469. The summed E-state index contributed by atoms with van der Waals surface area (Å²) in [5.41, 5.74) is 4.43. The van der Waals surface area contributed by atoms with Gasteiger partial charge in [0.2, 0.25) is 0 Å². The van der Waals surface area contributed by atoms with Crippen molar-refractivity contribution < 1.29 is 9.53 Å². The average Bonchev–Trinajstić information content (AvgIpc) is 3.07. The summed E-state index contributed by atoms with van der Waals surface area (Å²) in [6.45, 7) is 7.31. The number of nitrogens with zero attached hydrogens (tertiary/aromatic N) is 4. The highest BCUT2D eigenvalue weighted by molar-refractivity contribution is 6.31. The molecule has 0 radical (unpaired) electrons. The van der Waals surface area contributed by atoms with E-state index in [2.05, 4.69) is 16.1 Å². The van der Waals surface area contributed by atoms with Gasteiger partial charge >= 0.3 is 0 Å². The van der Waals surface area contributed by atoms with Crippen LogP contribution in [-0.2, 0) is 6.54 Å². The van der Waals surface area contributed by atoms with E-state index in [0.717, 1.165) is 41.5 Å². The SMILES string of the molecule is COc1cccc(N2CCN(C(=O)c3c(C)nn(Cc4ccccc4Cl)c3C)CC2)c1. The highest BCUT2D eigenvalue weighted by Crippen LogP contribution is 2.24. The molecule has 1 amide bonds. The van der Waals surface area contributed by atoms with Gasteiger partial charge in [0.15, 0.2) is 0 Å². The van der Waals surface area contributed by atoms with E-state index in [1.54, 1.807) is 7.11 Å². The van der Waals surface area contributed by atoms with Crippen LogP contribution >= 0.6 is 11.6 Å². The van der Waals surface area contributed by atoms with Crippen LogP contribution in [0.4, 0.5) is 5.69 Å². The van der Waals surface area contributed by atoms with Gasteiger partial charge in [-0.1, -0.05) is 35.9 Å². The van der Waals surface area contributed by atoms with E-state index in [1.165, 1.54) is 0 Å². The molecule has 0 saturated carbocycles. The smallest absolute Gasteiger partial charge is 0.257 e. The fourth-order valence-corrected chi connectivity index (χ4v) is 4.28. The number of rotatable bonds is 5. The third kappa shape index (κ3) is 4.39. The molecule has 1 fully saturated rings. The Morgan fingerprint density at radius 1 is 1.06 bits per heavy atom. The van der Waals surface area contributed by atoms with Crippen molar-refractivity contribution in [1.29, 1.82) is 0 Å². The number of carbonyl (C=O) groups is 1. The van der Waals surface area contributed by atoms with Crippen LogP contribution in [0.5, 0.6) is 5.75 Å². The molecule has 0 bridgehead atoms. The number of piperazine rings is 1. The summed E-state index contributed by atoms with van der Waals surface area (Å²) in [7, 11) is 1.67. The Bertz CT molecular complexity index is 1090. The first-order chi connectivity index (χ1) is 15.0. The second-order valence-electron chi connectivity index (χ2n) is 7.78. The molecule has 0 N–H and O–H groups in total. The lowest BCUT2D eigenvalue weighted by atomic mass is 10.1. The van der Waals surface area contributed by atoms with Crippen molar-refractivity contribution in [2.24, 2.45) is 0 Å². The molecule has 0 atom stereocenters. The molecule has 7 heteroatoms. The molecule has 1 aromatic heterocycles. The van der Waals surface area contributed by atoms with Crippen molar-refractivity contribution in [3.8, 4) is 5.75 Å². The van der Waals surface area contributed by atoms with E-state index >= 15 is 0 Å². The van der Waals surface area contributed by atoms with E-state index in [-0.39, 0.29) is 5.91 Å². The largest absolute Gasteiger partial charge is 0.497 e. The van der Waals surface area contributed by atoms with Crippen molar-refractivity contribution >= 4 is 23.2 Å². The number of anilines is 1. The number of aromatic nitrogens is 2. The normalized spacial score (nSPS) is 14.1. The summed E-state index contributed by atoms with van der Waals surface area (Å²) in [6.07, 6.45) is 0. The van der Waals surface area contributed by atoms with Gasteiger partial charge in [0.25, 0.3) is 5.91 Å². The number of ether oxygens (including phenoxy) is 1. The molecule has 1 aliphatic rings. The van der Waals surface area contributed by atoms with Gasteiger partial charge in [-0.15, -0.1) is 0 Å². The zero-order chi connectivity index (χ0) is 22.0. The molecular formula is C24H27ClN4O2. The summed E-state index contributed by atoms with van der Waals surface area (Å²) >= 11 is 6.31. The van der Waals surface area contributed by atoms with Crippen LogP contribution in [0.25, 0.3) is 0 Å². The highest BCUT2D eigenvalue weighted by atomic mass is 35.5. The van der Waals surface area contributed by atoms with E-state index in [1.807, 2.05) is 65.9 Å². The van der Waals surface area contributed by atoms with E-state index in [4.69, 9.17) is 16.3 Å². The summed E-state index contributed by atoms with van der Waals surface area (Å²) < 4.78 is 7.20. The van der Waals surface area contributed by atoms with E-state index in [9.17, 15) is 4.79 Å². The van der Waals surface area contributed by atoms with Crippen molar-refractivity contribution in [3.63, 3.8) is 0 Å². The Morgan fingerprint density at radius 2 is 1.81 bits per heavy atom. The third-order valence-electron chi connectivity index (χ3n) is 5.86. The molecule has 162 valence electrons. The van der Waals surface area contributed by atoms with Gasteiger partial charge in [-0.05, 0) is 37.6 Å². The van der Waals surface area contributed by atoms with Crippen molar-refractivity contribution in [2.75, 3.05) is 38.2 Å². The van der Waals surface area contributed by atoms with Crippen LogP contribution in [-0.4, -0.2) is 53.9 Å². The topological polar surface area (TPSA) is 50.6 Å². The number of amides is 1. The monoisotopic (exact) mass is 438 g/mol. The minimum Gasteiger partial charge on any atom is -0.497 e. The minimum atomic E-state index is 0.0469. The van der Waals surface area contributed by atoms with Gasteiger partial charge in [-0.2, -0.15) is 5.10 Å². The molecule has 2 aromatic carbocycles. The molecule has 31 heavy (non-hydrogen) atoms. The molecule has 0 aliphatic carbocycles. The average molecular weight is 439 g/mol. The fourth-order valence-electron chi connectivity index (χ4n) is 4.08. The molecule has 6 nitrogen and oxygen atoms in total. The lowest BCUT2D eigenvalue weighted by Crippen LogP contribution is -2.49. The number of hydrogen-bond donors (Lipinski definition) is 0. The number of carbonyl (C=O) groups excluding carboxylic acids is 1. The number of benzene rings is 2. The van der Waals surface area contributed by atoms with Gasteiger partial charge < -0.3 is 14.5 Å². The van der Waals surface area contributed by atoms with E-state index in [0.29, 0.717) is 30.2 Å². The van der Waals surface area contributed by atoms with Crippen molar-refractivity contribution in [3.05, 3.63) is 76.1 Å². The molecule has 0 spiro atoms. The summed E-state index contributed by atoms with van der Waals surface area (Å²) in [6, 6.07) is 15.8. The first-order valence-corrected chi connectivity index (χ1v) is 10.8. The Balaban J connectivity index is 1.46. The summed E-state index contributed by atoms with van der Waals surface area (Å²) in [5.74, 6) is 0.888. The van der Waals surface area contributed by atoms with Crippen molar-refractivity contribution in [2.45, 2.75) is 20.4 Å². The number of methoxy groups -OCH3 is 1. The Labute approximate surface area is 188 Å². The molecule has 1 aliphatic heterocycles. The number of halogens is 1. The number of hydrogen-bond acceptors (Lipinski definition) is 4. The second-order valence-corrected chi connectivity index (χ2v) is 8.18. The van der Waals surface area contributed by atoms with Crippen LogP contribution in [0.15, 0.2) is 48.5 Å². The van der Waals surface area contributed by atoms with Gasteiger partial charge in [0.1, 0.15) is 5.75 Å². The molecule has 1 saturated heterocycles. The Hall–Kier alpha value is -2.99. The Morgan fingerprint density at radius 3 is 2.52 bits per heavy atom. The quantitative estimate of drug-likeness (QED) is 0.599. The van der Waals surface area contributed by atoms with Gasteiger partial charge in [0.05, 0.1) is 24.9 Å². The standard InChI is InChI=1S/C24H27ClN4O2/c1-17-23(18(2)29(26-17)16-19-7-4-5-10-22(19)25)24(30)28-13-11-27(12-14-28)20-8-6-9-21(15-20)31-3/h4-10,15H,11-14,16H2,1-3H3. The first kappa shape index (κ1) is 21.2. The predicted molar refractivity (Wildman–Crippen MR) is 123 cm³/mol. The fraction of sp³-hybridized carbons (Fsp3) is 0.333. The van der Waals surface area contributed by atoms with Gasteiger partial charge in [0, 0.05) is 48.6 Å². The van der Waals surface area contributed by atoms with Crippen LogP contribution in [0.2, 0.25) is 5.02 Å². The van der Waals surface area contributed by atoms with Gasteiger partial charge in [-0.25, -0.2) is 0 Å². The Kier molecular flexibility index (Phi) is 6.18. The molecule has 4 rings (SSSR count).